The second-order valence-electron chi connectivity index (χ2n) is 6.18. The van der Waals surface area contributed by atoms with Crippen LogP contribution in [0.2, 0.25) is 5.02 Å². The van der Waals surface area contributed by atoms with Crippen molar-refractivity contribution in [2.24, 2.45) is 11.7 Å². The van der Waals surface area contributed by atoms with E-state index in [-0.39, 0.29) is 35.4 Å². The van der Waals surface area contributed by atoms with E-state index < -0.39 is 10.0 Å². The summed E-state index contributed by atoms with van der Waals surface area (Å²) in [6, 6.07) is 3.05. The van der Waals surface area contributed by atoms with E-state index >= 15 is 0 Å². The van der Waals surface area contributed by atoms with Crippen LogP contribution in [0.5, 0.6) is 5.75 Å². The molecule has 2 aliphatic rings. The molecule has 0 aromatic heterocycles. The van der Waals surface area contributed by atoms with Gasteiger partial charge in [-0.2, -0.15) is 0 Å². The lowest BCUT2D eigenvalue weighted by molar-refractivity contribution is 0.255. The fourth-order valence-corrected chi connectivity index (χ4v) is 5.12. The maximum Gasteiger partial charge on any atom is 0.240 e. The molecule has 0 amide bonds. The molecule has 5 nitrogen and oxygen atoms in total. The van der Waals surface area contributed by atoms with Crippen molar-refractivity contribution < 1.29 is 13.2 Å². The van der Waals surface area contributed by atoms with Gasteiger partial charge >= 0.3 is 0 Å². The quantitative estimate of drug-likeness (QED) is 0.840. The molecule has 3 atom stereocenters. The molecular formula is C15H22Cl2N2O3S. The average molecular weight is 381 g/mol. The van der Waals surface area contributed by atoms with Crippen molar-refractivity contribution in [1.82, 2.24) is 4.72 Å². The molecule has 1 heterocycles. The SMILES string of the molecule is CC1Cc2cc(S(=O)(=O)NC3CCCC3CN)cc(Cl)c2O1.Cl. The van der Waals surface area contributed by atoms with Gasteiger partial charge in [0.25, 0.3) is 0 Å². The molecule has 1 aromatic rings. The van der Waals surface area contributed by atoms with Crippen molar-refractivity contribution in [1.29, 1.82) is 0 Å². The van der Waals surface area contributed by atoms with Crippen LogP contribution in [0.3, 0.4) is 0 Å². The first-order valence-electron chi connectivity index (χ1n) is 7.62. The van der Waals surface area contributed by atoms with Gasteiger partial charge in [0, 0.05) is 18.0 Å². The molecule has 0 radical (unpaired) electrons. The monoisotopic (exact) mass is 380 g/mol. The molecule has 1 aromatic carbocycles. The molecule has 1 aliphatic heterocycles. The minimum Gasteiger partial charge on any atom is -0.489 e. The number of benzene rings is 1. The molecule has 3 N–H and O–H groups in total. The lowest BCUT2D eigenvalue weighted by atomic mass is 10.1. The van der Waals surface area contributed by atoms with Gasteiger partial charge in [-0.05, 0) is 44.4 Å². The molecule has 3 unspecified atom stereocenters. The maximum atomic E-state index is 12.6. The number of nitrogens with two attached hydrogens (primary N) is 1. The van der Waals surface area contributed by atoms with Gasteiger partial charge in [-0.15, -0.1) is 12.4 Å². The second-order valence-corrected chi connectivity index (χ2v) is 8.30. The van der Waals surface area contributed by atoms with E-state index in [2.05, 4.69) is 4.72 Å². The summed E-state index contributed by atoms with van der Waals surface area (Å²) in [5.74, 6) is 0.817. The van der Waals surface area contributed by atoms with Crippen LogP contribution < -0.4 is 15.2 Å². The van der Waals surface area contributed by atoms with E-state index in [0.29, 0.717) is 23.7 Å². The summed E-state index contributed by atoms with van der Waals surface area (Å²) >= 11 is 6.18. The van der Waals surface area contributed by atoms with Gasteiger partial charge in [0.05, 0.1) is 9.92 Å². The summed E-state index contributed by atoms with van der Waals surface area (Å²) in [7, 11) is -3.59. The Morgan fingerprint density at radius 2 is 2.13 bits per heavy atom. The lowest BCUT2D eigenvalue weighted by Gasteiger charge is -2.19. The Balaban J connectivity index is 0.00000192. The smallest absolute Gasteiger partial charge is 0.240 e. The number of fused-ring (bicyclic) bond motifs is 1. The van der Waals surface area contributed by atoms with Crippen molar-refractivity contribution in [3.8, 4) is 5.75 Å². The third-order valence-corrected chi connectivity index (χ3v) is 6.25. The predicted octanol–water partition coefficient (Wildman–Crippen LogP) is 2.49. The summed E-state index contributed by atoms with van der Waals surface area (Å²) in [6.45, 7) is 2.44. The Labute approximate surface area is 148 Å². The van der Waals surface area contributed by atoms with Crippen LogP contribution in [0.1, 0.15) is 31.7 Å². The minimum atomic E-state index is -3.59. The van der Waals surface area contributed by atoms with Crippen molar-refractivity contribution in [2.75, 3.05) is 6.54 Å². The van der Waals surface area contributed by atoms with E-state index in [1.165, 1.54) is 6.07 Å². The zero-order valence-corrected chi connectivity index (χ0v) is 15.3. The van der Waals surface area contributed by atoms with Crippen LogP contribution >= 0.6 is 24.0 Å². The molecule has 3 rings (SSSR count). The Kier molecular flexibility index (Phi) is 5.85. The standard InChI is InChI=1S/C15H21ClN2O3S.ClH/c1-9-5-11-6-12(7-13(16)15(11)21-9)22(19,20)18-14-4-2-3-10(14)8-17;/h6-7,9-10,14,18H,2-5,8,17H2,1H3;1H. The summed E-state index contributed by atoms with van der Waals surface area (Å²) < 4.78 is 33.7. The summed E-state index contributed by atoms with van der Waals surface area (Å²) in [4.78, 5) is 0.205. The number of sulfonamides is 1. The van der Waals surface area contributed by atoms with Crippen LogP contribution in [0.4, 0.5) is 0 Å². The Hall–Kier alpha value is -0.530. The predicted molar refractivity (Wildman–Crippen MR) is 93.0 cm³/mol. The third kappa shape index (κ3) is 3.77. The van der Waals surface area contributed by atoms with E-state index in [1.807, 2.05) is 6.92 Å². The fraction of sp³-hybridized carbons (Fsp3) is 0.600. The Morgan fingerprint density at radius 1 is 1.39 bits per heavy atom. The van der Waals surface area contributed by atoms with Gasteiger partial charge in [0.1, 0.15) is 11.9 Å². The van der Waals surface area contributed by atoms with Crippen LogP contribution in [0.25, 0.3) is 0 Å². The molecule has 1 saturated carbocycles. The van der Waals surface area contributed by atoms with Gasteiger partial charge in [-0.3, -0.25) is 0 Å². The number of ether oxygens (including phenoxy) is 1. The summed E-state index contributed by atoms with van der Waals surface area (Å²) in [6.07, 6.45) is 3.51. The minimum absolute atomic E-state index is 0. The van der Waals surface area contributed by atoms with E-state index in [1.54, 1.807) is 6.07 Å². The molecule has 1 aliphatic carbocycles. The van der Waals surface area contributed by atoms with Crippen LogP contribution in [-0.2, 0) is 16.4 Å². The molecule has 8 heteroatoms. The second kappa shape index (κ2) is 7.15. The summed E-state index contributed by atoms with van der Waals surface area (Å²) in [5, 5.41) is 0.351. The van der Waals surface area contributed by atoms with Crippen molar-refractivity contribution in [3.63, 3.8) is 0 Å². The molecular weight excluding hydrogens is 359 g/mol. The van der Waals surface area contributed by atoms with Gasteiger partial charge < -0.3 is 10.5 Å². The number of hydrogen-bond acceptors (Lipinski definition) is 4. The first-order chi connectivity index (χ1) is 10.4. The van der Waals surface area contributed by atoms with E-state index in [9.17, 15) is 8.42 Å². The zero-order valence-electron chi connectivity index (χ0n) is 12.9. The van der Waals surface area contributed by atoms with Crippen LogP contribution in [-0.4, -0.2) is 27.1 Å². The lowest BCUT2D eigenvalue weighted by Crippen LogP contribution is -2.39. The first-order valence-corrected chi connectivity index (χ1v) is 9.48. The van der Waals surface area contributed by atoms with Crippen LogP contribution in [0.15, 0.2) is 17.0 Å². The van der Waals surface area contributed by atoms with Crippen molar-refractivity contribution >= 4 is 34.0 Å². The van der Waals surface area contributed by atoms with Crippen molar-refractivity contribution in [2.45, 2.75) is 49.6 Å². The number of rotatable bonds is 4. The van der Waals surface area contributed by atoms with Crippen LogP contribution in [0, 0.1) is 5.92 Å². The first kappa shape index (κ1) is 18.8. The van der Waals surface area contributed by atoms with Crippen molar-refractivity contribution in [3.05, 3.63) is 22.7 Å². The molecule has 0 saturated heterocycles. The molecule has 23 heavy (non-hydrogen) atoms. The topological polar surface area (TPSA) is 81.4 Å². The number of halogens is 2. The highest BCUT2D eigenvalue weighted by molar-refractivity contribution is 7.89. The molecule has 0 bridgehead atoms. The highest BCUT2D eigenvalue weighted by Gasteiger charge is 2.32. The number of hydrogen-bond donors (Lipinski definition) is 2. The number of nitrogens with one attached hydrogen (secondary N) is 1. The Bertz CT molecular complexity index is 682. The summed E-state index contributed by atoms with van der Waals surface area (Å²) in [5.41, 5.74) is 6.57. The largest absolute Gasteiger partial charge is 0.489 e. The van der Waals surface area contributed by atoms with Gasteiger partial charge in [-0.25, -0.2) is 13.1 Å². The highest BCUT2D eigenvalue weighted by Crippen LogP contribution is 2.38. The molecule has 130 valence electrons. The average Bonchev–Trinajstić information content (AvgIpc) is 3.03. The highest BCUT2D eigenvalue weighted by atomic mass is 35.5. The van der Waals surface area contributed by atoms with Gasteiger partial charge in [0.15, 0.2) is 0 Å². The Morgan fingerprint density at radius 3 is 2.83 bits per heavy atom. The fourth-order valence-electron chi connectivity index (χ4n) is 3.36. The van der Waals surface area contributed by atoms with Gasteiger partial charge in [0.2, 0.25) is 10.0 Å². The normalized spacial score (nSPS) is 26.5. The van der Waals surface area contributed by atoms with E-state index in [0.717, 1.165) is 24.8 Å². The third-order valence-electron chi connectivity index (χ3n) is 4.50. The van der Waals surface area contributed by atoms with E-state index in [4.69, 9.17) is 22.1 Å². The zero-order chi connectivity index (χ0) is 15.9. The molecule has 0 spiro atoms. The van der Waals surface area contributed by atoms with Gasteiger partial charge in [-0.1, -0.05) is 18.0 Å². The molecule has 1 fully saturated rings. The maximum absolute atomic E-state index is 12.6.